The van der Waals surface area contributed by atoms with Crippen LogP contribution in [-0.4, -0.2) is 53.3 Å². The molecule has 2 aromatic heterocycles. The molecule has 4 nitrogen and oxygen atoms in total. The SMILES string of the molecule is [18F]c1cccc(N2CCN(CCCSc3nc4ccccc4s3)CC2)n1. The maximum absolute atomic E-state index is 13.3. The quantitative estimate of drug-likeness (QED) is 0.361. The Labute approximate surface area is 161 Å². The predicted molar refractivity (Wildman–Crippen MR) is 108 cm³/mol. The number of para-hydroxylation sites is 1. The van der Waals surface area contributed by atoms with Gasteiger partial charge >= 0.3 is 0 Å². The number of nitrogens with zero attached hydrogens (tertiary/aromatic N) is 4. The highest BCUT2D eigenvalue weighted by atomic mass is 32.2. The largest absolute Gasteiger partial charge is 0.354 e. The van der Waals surface area contributed by atoms with Crippen LogP contribution < -0.4 is 4.90 Å². The van der Waals surface area contributed by atoms with Gasteiger partial charge in [-0.05, 0) is 37.2 Å². The first-order valence-corrected chi connectivity index (χ1v) is 10.7. The molecule has 1 aromatic carbocycles. The minimum absolute atomic E-state index is 0.406. The van der Waals surface area contributed by atoms with Gasteiger partial charge in [0.2, 0.25) is 5.95 Å². The van der Waals surface area contributed by atoms with E-state index < -0.39 is 5.95 Å². The molecule has 0 unspecified atom stereocenters. The number of aromatic nitrogens is 2. The lowest BCUT2D eigenvalue weighted by atomic mass is 10.3. The van der Waals surface area contributed by atoms with Crippen LogP contribution in [0.15, 0.2) is 46.8 Å². The Morgan fingerprint density at radius 3 is 2.65 bits per heavy atom. The Balaban J connectivity index is 1.19. The second kappa shape index (κ2) is 8.33. The zero-order chi connectivity index (χ0) is 17.8. The minimum Gasteiger partial charge on any atom is -0.354 e. The zero-order valence-electron chi connectivity index (χ0n) is 14.5. The van der Waals surface area contributed by atoms with Gasteiger partial charge in [0.25, 0.3) is 0 Å². The summed E-state index contributed by atoms with van der Waals surface area (Å²) in [5, 5.41) is 0. The van der Waals surface area contributed by atoms with Crippen LogP contribution in [0.25, 0.3) is 10.2 Å². The van der Waals surface area contributed by atoms with Crippen LogP contribution in [0.3, 0.4) is 0 Å². The van der Waals surface area contributed by atoms with E-state index in [1.165, 1.54) is 10.8 Å². The van der Waals surface area contributed by atoms with Crippen molar-refractivity contribution in [2.75, 3.05) is 43.4 Å². The molecule has 1 aliphatic rings. The summed E-state index contributed by atoms with van der Waals surface area (Å²) in [5.74, 6) is 1.43. The van der Waals surface area contributed by atoms with Crippen molar-refractivity contribution in [3.05, 3.63) is 48.4 Å². The maximum atomic E-state index is 13.3. The Kier molecular flexibility index (Phi) is 5.67. The number of pyridine rings is 1. The van der Waals surface area contributed by atoms with Crippen LogP contribution in [0.4, 0.5) is 10.2 Å². The molecule has 0 aliphatic carbocycles. The highest BCUT2D eigenvalue weighted by Crippen LogP contribution is 2.29. The molecule has 0 radical (unpaired) electrons. The van der Waals surface area contributed by atoms with Gasteiger partial charge in [-0.1, -0.05) is 30.0 Å². The van der Waals surface area contributed by atoms with E-state index in [0.29, 0.717) is 0 Å². The van der Waals surface area contributed by atoms with Gasteiger partial charge in [-0.3, -0.25) is 4.90 Å². The Morgan fingerprint density at radius 2 is 1.85 bits per heavy atom. The Morgan fingerprint density at radius 1 is 1.00 bits per heavy atom. The number of benzene rings is 1. The number of hydrogen-bond acceptors (Lipinski definition) is 6. The molecule has 26 heavy (non-hydrogen) atoms. The van der Waals surface area contributed by atoms with Crippen molar-refractivity contribution in [1.82, 2.24) is 14.9 Å². The van der Waals surface area contributed by atoms with Gasteiger partial charge in [0.15, 0.2) is 4.34 Å². The van der Waals surface area contributed by atoms with E-state index in [4.69, 9.17) is 0 Å². The maximum Gasteiger partial charge on any atom is 0.214 e. The van der Waals surface area contributed by atoms with E-state index >= 15 is 0 Å². The smallest absolute Gasteiger partial charge is 0.214 e. The minimum atomic E-state index is -0.406. The molecule has 1 fully saturated rings. The van der Waals surface area contributed by atoms with Gasteiger partial charge < -0.3 is 4.90 Å². The van der Waals surface area contributed by atoms with Gasteiger partial charge in [0.1, 0.15) is 5.82 Å². The second-order valence-corrected chi connectivity index (χ2v) is 8.67. The van der Waals surface area contributed by atoms with E-state index in [1.54, 1.807) is 17.4 Å². The molecular formula is C19H21FN4S2. The molecule has 3 aromatic rings. The van der Waals surface area contributed by atoms with Crippen LogP contribution >= 0.6 is 23.1 Å². The predicted octanol–water partition coefficient (Wildman–Crippen LogP) is 4.13. The Hall–Kier alpha value is -1.70. The lowest BCUT2D eigenvalue weighted by Crippen LogP contribution is -2.47. The number of halogens is 1. The molecule has 0 spiro atoms. The summed E-state index contributed by atoms with van der Waals surface area (Å²) >= 11 is 3.63. The summed E-state index contributed by atoms with van der Waals surface area (Å²) < 4.78 is 15.7. The van der Waals surface area contributed by atoms with E-state index in [1.807, 2.05) is 23.9 Å². The summed E-state index contributed by atoms with van der Waals surface area (Å²) in [7, 11) is 0. The zero-order valence-corrected chi connectivity index (χ0v) is 16.1. The number of anilines is 1. The third kappa shape index (κ3) is 4.34. The second-order valence-electron chi connectivity index (χ2n) is 6.30. The van der Waals surface area contributed by atoms with Crippen LogP contribution in [-0.2, 0) is 0 Å². The fourth-order valence-corrected chi connectivity index (χ4v) is 5.20. The highest BCUT2D eigenvalue weighted by molar-refractivity contribution is 8.01. The average Bonchev–Trinajstić information content (AvgIpc) is 3.09. The van der Waals surface area contributed by atoms with Crippen LogP contribution in [0.5, 0.6) is 0 Å². The standard InChI is InChI=1S/C19H21FN4S2/c20-17-7-3-8-18(22-17)24-12-10-23(11-13-24)9-4-14-25-19-21-15-5-1-2-6-16(15)26-19/h1-3,5-8H,4,9-14H2/i20-1. The first-order valence-electron chi connectivity index (χ1n) is 8.86. The fourth-order valence-electron chi connectivity index (χ4n) is 3.13. The van der Waals surface area contributed by atoms with Crippen molar-refractivity contribution in [3.8, 4) is 0 Å². The number of piperazine rings is 1. The van der Waals surface area contributed by atoms with Crippen LogP contribution in [0.1, 0.15) is 6.42 Å². The number of rotatable bonds is 6. The van der Waals surface area contributed by atoms with Gasteiger partial charge in [-0.2, -0.15) is 4.39 Å². The average molecular weight is 388 g/mol. The van der Waals surface area contributed by atoms with Crippen molar-refractivity contribution in [3.63, 3.8) is 0 Å². The summed E-state index contributed by atoms with van der Waals surface area (Å²) in [5.41, 5.74) is 1.10. The van der Waals surface area contributed by atoms with Gasteiger partial charge in [-0.15, -0.1) is 11.3 Å². The summed E-state index contributed by atoms with van der Waals surface area (Å²) in [6, 6.07) is 13.3. The van der Waals surface area contributed by atoms with Crippen molar-refractivity contribution < 1.29 is 4.39 Å². The van der Waals surface area contributed by atoms with E-state index in [-0.39, 0.29) is 0 Å². The van der Waals surface area contributed by atoms with Crippen LogP contribution in [0.2, 0.25) is 0 Å². The van der Waals surface area contributed by atoms with E-state index in [9.17, 15) is 4.39 Å². The number of hydrogen-bond donors (Lipinski definition) is 0. The van der Waals surface area contributed by atoms with Crippen molar-refractivity contribution in [2.45, 2.75) is 10.8 Å². The fraction of sp³-hybridized carbons (Fsp3) is 0.368. The van der Waals surface area contributed by atoms with Crippen LogP contribution in [0, 0.1) is 5.95 Å². The van der Waals surface area contributed by atoms with Gasteiger partial charge in [0.05, 0.1) is 10.2 Å². The molecular weight excluding hydrogens is 366 g/mol. The molecule has 7 heteroatoms. The van der Waals surface area contributed by atoms with E-state index in [0.717, 1.165) is 60.6 Å². The van der Waals surface area contributed by atoms with E-state index in [2.05, 4.69) is 38.0 Å². The van der Waals surface area contributed by atoms with Crippen molar-refractivity contribution in [1.29, 1.82) is 0 Å². The molecule has 0 bridgehead atoms. The van der Waals surface area contributed by atoms with Crippen molar-refractivity contribution >= 4 is 39.1 Å². The first kappa shape index (κ1) is 17.7. The lowest BCUT2D eigenvalue weighted by Gasteiger charge is -2.35. The summed E-state index contributed by atoms with van der Waals surface area (Å²) in [4.78, 5) is 13.3. The summed E-state index contributed by atoms with van der Waals surface area (Å²) in [6.07, 6.45) is 1.15. The topological polar surface area (TPSA) is 32.3 Å². The third-order valence-electron chi connectivity index (χ3n) is 4.52. The number of thiazole rings is 1. The number of fused-ring (bicyclic) bond motifs is 1. The van der Waals surface area contributed by atoms with Gasteiger partial charge in [-0.25, -0.2) is 9.97 Å². The molecule has 0 saturated carbocycles. The first-order chi connectivity index (χ1) is 12.8. The number of thioether (sulfide) groups is 1. The summed E-state index contributed by atoms with van der Waals surface area (Å²) in [6.45, 7) is 4.92. The molecule has 1 saturated heterocycles. The highest BCUT2D eigenvalue weighted by Gasteiger charge is 2.18. The molecule has 0 amide bonds. The molecule has 136 valence electrons. The molecule has 0 N–H and O–H groups in total. The molecule has 0 atom stereocenters. The Bertz CT molecular complexity index is 828. The van der Waals surface area contributed by atoms with Gasteiger partial charge in [0, 0.05) is 31.9 Å². The lowest BCUT2D eigenvalue weighted by molar-refractivity contribution is 0.258. The molecule has 4 rings (SSSR count). The third-order valence-corrected chi connectivity index (χ3v) is 6.78. The molecule has 3 heterocycles. The molecule has 1 aliphatic heterocycles. The monoisotopic (exact) mass is 387 g/mol. The normalized spacial score (nSPS) is 15.7. The van der Waals surface area contributed by atoms with Crippen molar-refractivity contribution in [2.24, 2.45) is 0 Å².